The third kappa shape index (κ3) is 4.33. The molecule has 128 valence electrons. The number of carbonyl (C=O) groups excluding carboxylic acids is 1. The summed E-state index contributed by atoms with van der Waals surface area (Å²) in [5.74, 6) is -0.675. The first-order valence-corrected chi connectivity index (χ1v) is 9.38. The largest absolute Gasteiger partial charge is 0.289 e. The van der Waals surface area contributed by atoms with Crippen molar-refractivity contribution in [2.24, 2.45) is 0 Å². The summed E-state index contributed by atoms with van der Waals surface area (Å²) in [5, 5.41) is 0. The fraction of sp³-hybridized carbons (Fsp3) is 0.150. The third-order valence-electron chi connectivity index (χ3n) is 4.04. The van der Waals surface area contributed by atoms with Crippen molar-refractivity contribution in [2.75, 3.05) is 0 Å². The van der Waals surface area contributed by atoms with Crippen molar-refractivity contribution in [1.82, 2.24) is 0 Å². The van der Waals surface area contributed by atoms with E-state index in [4.69, 9.17) is 0 Å². The first kappa shape index (κ1) is 18.2. The predicted octanol–water partition coefficient (Wildman–Crippen LogP) is 6.71. The lowest BCUT2D eigenvalue weighted by Gasteiger charge is -2.16. The van der Waals surface area contributed by atoms with Gasteiger partial charge in [0.25, 0.3) is 0 Å². The minimum absolute atomic E-state index is 0.00727. The third-order valence-corrected chi connectivity index (χ3v) is 5.26. The van der Waals surface area contributed by atoms with Crippen molar-refractivity contribution in [1.29, 1.82) is 0 Å². The normalized spacial score (nSPS) is 18.2. The summed E-state index contributed by atoms with van der Waals surface area (Å²) in [5.41, 5.74) is 2.97. The lowest BCUT2D eigenvalue weighted by Crippen LogP contribution is -2.12. The Kier molecular flexibility index (Phi) is 5.64. The minimum Gasteiger partial charge on any atom is -0.289 e. The summed E-state index contributed by atoms with van der Waals surface area (Å²) in [6.07, 6.45) is 5.87. The van der Waals surface area contributed by atoms with Crippen molar-refractivity contribution < 1.29 is 13.6 Å². The zero-order chi connectivity index (χ0) is 18.0. The molecule has 3 rings (SSSR count). The van der Waals surface area contributed by atoms with Crippen LogP contribution in [0.25, 0.3) is 12.2 Å². The number of rotatable bonds is 2. The zero-order valence-electron chi connectivity index (χ0n) is 13.2. The van der Waals surface area contributed by atoms with Gasteiger partial charge in [-0.05, 0) is 98.7 Å². The van der Waals surface area contributed by atoms with Crippen LogP contribution in [0.3, 0.4) is 0 Å². The van der Waals surface area contributed by atoms with Gasteiger partial charge in [-0.2, -0.15) is 0 Å². The van der Waals surface area contributed by atoms with E-state index in [1.165, 1.54) is 12.1 Å². The maximum atomic E-state index is 13.3. The molecule has 5 heteroatoms. The van der Waals surface area contributed by atoms with Gasteiger partial charge in [-0.3, -0.25) is 4.79 Å². The van der Waals surface area contributed by atoms with Gasteiger partial charge in [0.05, 0.1) is 8.95 Å². The molecule has 0 saturated heterocycles. The van der Waals surface area contributed by atoms with E-state index < -0.39 is 0 Å². The maximum Gasteiger partial charge on any atom is 0.185 e. The number of ketones is 1. The predicted molar refractivity (Wildman–Crippen MR) is 103 cm³/mol. The van der Waals surface area contributed by atoms with Crippen LogP contribution in [-0.2, 0) is 4.79 Å². The Hall–Kier alpha value is -1.59. The van der Waals surface area contributed by atoms with Crippen LogP contribution in [0.4, 0.5) is 8.78 Å². The molecule has 0 N–H and O–H groups in total. The monoisotopic (exact) mass is 466 g/mol. The van der Waals surface area contributed by atoms with Gasteiger partial charge in [0.2, 0.25) is 0 Å². The molecule has 0 unspecified atom stereocenters. The van der Waals surface area contributed by atoms with Crippen LogP contribution < -0.4 is 0 Å². The Labute approximate surface area is 161 Å². The van der Waals surface area contributed by atoms with Gasteiger partial charge >= 0.3 is 0 Å². The molecule has 0 aliphatic heterocycles. The molecule has 0 radical (unpaired) electrons. The highest BCUT2D eigenvalue weighted by molar-refractivity contribution is 9.10. The number of allylic oxidation sites excluding steroid dienone is 2. The van der Waals surface area contributed by atoms with E-state index in [2.05, 4.69) is 31.9 Å². The first-order valence-electron chi connectivity index (χ1n) is 7.80. The fourth-order valence-corrected chi connectivity index (χ4v) is 3.58. The second kappa shape index (κ2) is 7.75. The molecular formula is C20H14Br2F2O. The molecule has 0 bridgehead atoms. The van der Waals surface area contributed by atoms with Crippen molar-refractivity contribution in [3.63, 3.8) is 0 Å². The molecule has 25 heavy (non-hydrogen) atoms. The Bertz CT molecular complexity index is 829. The summed E-state index contributed by atoms with van der Waals surface area (Å²) in [4.78, 5) is 12.7. The van der Waals surface area contributed by atoms with Gasteiger partial charge in [-0.15, -0.1) is 0 Å². The van der Waals surface area contributed by atoms with Crippen LogP contribution >= 0.6 is 31.9 Å². The Morgan fingerprint density at radius 3 is 1.64 bits per heavy atom. The highest BCUT2D eigenvalue weighted by Gasteiger charge is 2.20. The van der Waals surface area contributed by atoms with Gasteiger partial charge < -0.3 is 0 Å². The minimum atomic E-state index is -0.334. The van der Waals surface area contributed by atoms with Gasteiger partial charge in [0, 0.05) is 11.1 Å². The lowest BCUT2D eigenvalue weighted by molar-refractivity contribution is -0.112. The first-order chi connectivity index (χ1) is 11.9. The highest BCUT2D eigenvalue weighted by Crippen LogP contribution is 2.29. The summed E-state index contributed by atoms with van der Waals surface area (Å²) < 4.78 is 27.4. The summed E-state index contributed by atoms with van der Waals surface area (Å²) in [6.45, 7) is 0. The van der Waals surface area contributed by atoms with E-state index in [1.807, 2.05) is 0 Å². The average Bonchev–Trinajstić information content (AvgIpc) is 2.58. The smallest absolute Gasteiger partial charge is 0.185 e. The Morgan fingerprint density at radius 1 is 0.800 bits per heavy atom. The van der Waals surface area contributed by atoms with Crippen LogP contribution in [0.5, 0.6) is 0 Å². The van der Waals surface area contributed by atoms with Gasteiger partial charge in [0.15, 0.2) is 5.78 Å². The second-order valence-electron chi connectivity index (χ2n) is 5.87. The van der Waals surface area contributed by atoms with E-state index in [-0.39, 0.29) is 17.4 Å². The van der Waals surface area contributed by atoms with Gasteiger partial charge in [-0.1, -0.05) is 12.1 Å². The summed E-state index contributed by atoms with van der Waals surface area (Å²) in [7, 11) is 0. The van der Waals surface area contributed by atoms with E-state index in [9.17, 15) is 13.6 Å². The molecule has 0 heterocycles. The molecule has 2 aromatic rings. The lowest BCUT2D eigenvalue weighted by atomic mass is 9.87. The fourth-order valence-electron chi connectivity index (χ4n) is 2.78. The van der Waals surface area contributed by atoms with E-state index in [0.717, 1.165) is 17.5 Å². The number of hydrogen-bond donors (Lipinski definition) is 0. The number of carbonyl (C=O) groups is 1. The van der Waals surface area contributed by atoms with E-state index >= 15 is 0 Å². The molecule has 2 aromatic carbocycles. The van der Waals surface area contributed by atoms with Crippen LogP contribution in [0, 0.1) is 11.6 Å². The molecule has 0 spiro atoms. The molecule has 0 amide bonds. The van der Waals surface area contributed by atoms with Crippen LogP contribution in [-0.4, -0.2) is 5.78 Å². The van der Waals surface area contributed by atoms with E-state index in [1.54, 1.807) is 36.4 Å². The number of hydrogen-bond acceptors (Lipinski definition) is 1. The summed E-state index contributed by atoms with van der Waals surface area (Å²) >= 11 is 6.32. The van der Waals surface area contributed by atoms with Crippen LogP contribution in [0.2, 0.25) is 0 Å². The average molecular weight is 468 g/mol. The SMILES string of the molecule is O=C1/C(=C/c2ccc(F)c(Br)c2)CCC/C1=C\c1ccc(F)c(Br)c1. The van der Waals surface area contributed by atoms with Crippen LogP contribution in [0.15, 0.2) is 56.5 Å². The maximum absolute atomic E-state index is 13.3. The number of benzene rings is 2. The van der Waals surface area contributed by atoms with Crippen molar-refractivity contribution in [3.8, 4) is 0 Å². The molecule has 0 atom stereocenters. The van der Waals surface area contributed by atoms with Crippen molar-refractivity contribution >= 4 is 49.8 Å². The molecule has 0 aromatic heterocycles. The molecule has 1 aliphatic rings. The molecular weight excluding hydrogens is 454 g/mol. The highest BCUT2D eigenvalue weighted by atomic mass is 79.9. The topological polar surface area (TPSA) is 17.1 Å². The summed E-state index contributed by atoms with van der Waals surface area (Å²) in [6, 6.07) is 9.35. The molecule has 1 saturated carbocycles. The molecule has 1 fully saturated rings. The second-order valence-corrected chi connectivity index (χ2v) is 7.58. The van der Waals surface area contributed by atoms with Gasteiger partial charge in [0.1, 0.15) is 11.6 Å². The molecule has 1 aliphatic carbocycles. The number of Topliss-reactive ketones (excluding diaryl/α,β-unsaturated/α-hetero) is 1. The molecule has 1 nitrogen and oxygen atoms in total. The zero-order valence-corrected chi connectivity index (χ0v) is 16.3. The van der Waals surface area contributed by atoms with Crippen molar-refractivity contribution in [2.45, 2.75) is 19.3 Å². The van der Waals surface area contributed by atoms with E-state index in [0.29, 0.717) is 32.9 Å². The van der Waals surface area contributed by atoms with Crippen molar-refractivity contribution in [3.05, 3.63) is 79.3 Å². The quantitative estimate of drug-likeness (QED) is 0.448. The standard InChI is InChI=1S/C20H14Br2F2O/c21-16-10-12(4-6-18(16)23)8-14-2-1-3-15(20(14)25)9-13-5-7-19(24)17(22)11-13/h4-11H,1-3H2/b14-8+,15-9+. The Balaban J connectivity index is 1.89. The van der Waals surface area contributed by atoms with Gasteiger partial charge in [-0.25, -0.2) is 8.78 Å². The number of halogens is 4. The van der Waals surface area contributed by atoms with Crippen LogP contribution in [0.1, 0.15) is 30.4 Å². The Morgan fingerprint density at radius 2 is 1.24 bits per heavy atom.